The number of nitrogens with one attached hydrogen (secondary N) is 2. The highest BCUT2D eigenvalue weighted by atomic mass is 16.5. The molecule has 0 aromatic heterocycles. The van der Waals surface area contributed by atoms with Crippen LogP contribution in [0.2, 0.25) is 0 Å². The lowest BCUT2D eigenvalue weighted by molar-refractivity contribution is -0.152. The standard InChI is InChI=1S/C22H40N2O4/c1-15(25)27-17-11-19(3,4)23-21(7,13-17)9-10-22(8)14-18(28-16(2)26)12-20(5,6)24-22/h17-18,23-24H,9-14H2,1-8H3. The molecule has 6 heteroatoms. The zero-order valence-electron chi connectivity index (χ0n) is 19.0. The fourth-order valence-corrected chi connectivity index (χ4v) is 5.64. The van der Waals surface area contributed by atoms with E-state index in [1.54, 1.807) is 0 Å². The van der Waals surface area contributed by atoms with Crippen molar-refractivity contribution in [3.8, 4) is 0 Å². The number of ether oxygens (including phenoxy) is 2. The van der Waals surface area contributed by atoms with Crippen molar-refractivity contribution in [3.63, 3.8) is 0 Å². The van der Waals surface area contributed by atoms with E-state index >= 15 is 0 Å². The van der Waals surface area contributed by atoms with E-state index in [9.17, 15) is 9.59 Å². The molecule has 0 amide bonds. The van der Waals surface area contributed by atoms with Crippen LogP contribution in [-0.2, 0) is 19.1 Å². The van der Waals surface area contributed by atoms with E-state index in [1.165, 1.54) is 13.8 Å². The topological polar surface area (TPSA) is 76.7 Å². The van der Waals surface area contributed by atoms with Gasteiger partial charge in [-0.3, -0.25) is 9.59 Å². The molecule has 2 heterocycles. The number of hydrogen-bond acceptors (Lipinski definition) is 6. The van der Waals surface area contributed by atoms with E-state index in [2.05, 4.69) is 52.2 Å². The summed E-state index contributed by atoms with van der Waals surface area (Å²) in [6.45, 7) is 16.1. The van der Waals surface area contributed by atoms with E-state index in [0.29, 0.717) is 0 Å². The normalized spacial score (nSPS) is 37.1. The summed E-state index contributed by atoms with van der Waals surface area (Å²) in [6, 6.07) is 0. The Kier molecular flexibility index (Phi) is 6.56. The van der Waals surface area contributed by atoms with Gasteiger partial charge in [0, 0.05) is 61.7 Å². The molecule has 4 unspecified atom stereocenters. The minimum atomic E-state index is -0.211. The second-order valence-corrected chi connectivity index (χ2v) is 10.9. The number of rotatable bonds is 5. The summed E-state index contributed by atoms with van der Waals surface area (Å²) in [7, 11) is 0. The number of carbonyl (C=O) groups excluding carboxylic acids is 2. The van der Waals surface area contributed by atoms with Gasteiger partial charge in [0.2, 0.25) is 0 Å². The molecular weight excluding hydrogens is 356 g/mol. The number of piperidine rings is 2. The molecule has 4 atom stereocenters. The second kappa shape index (κ2) is 7.94. The van der Waals surface area contributed by atoms with Crippen molar-refractivity contribution in [2.24, 2.45) is 0 Å². The van der Waals surface area contributed by atoms with Crippen molar-refractivity contribution in [2.45, 2.75) is 128 Å². The maximum atomic E-state index is 11.5. The highest BCUT2D eigenvalue weighted by Gasteiger charge is 2.45. The summed E-state index contributed by atoms with van der Waals surface area (Å²) in [5, 5.41) is 7.58. The molecule has 2 aliphatic heterocycles. The summed E-state index contributed by atoms with van der Waals surface area (Å²) < 4.78 is 11.2. The Hall–Kier alpha value is -1.14. The largest absolute Gasteiger partial charge is 0.462 e. The van der Waals surface area contributed by atoms with Gasteiger partial charge in [-0.25, -0.2) is 0 Å². The van der Waals surface area contributed by atoms with Gasteiger partial charge in [-0.1, -0.05) is 0 Å². The van der Waals surface area contributed by atoms with Gasteiger partial charge < -0.3 is 20.1 Å². The first-order chi connectivity index (χ1) is 12.6. The van der Waals surface area contributed by atoms with Gasteiger partial charge in [0.25, 0.3) is 0 Å². The van der Waals surface area contributed by atoms with Crippen molar-refractivity contribution in [1.82, 2.24) is 10.6 Å². The van der Waals surface area contributed by atoms with Gasteiger partial charge in [0.1, 0.15) is 12.2 Å². The Labute approximate surface area is 170 Å². The SMILES string of the molecule is CC(=O)OC1CC(C)(C)NC(C)(CCC2(C)CC(OC(C)=O)CC(C)(C)N2)C1. The lowest BCUT2D eigenvalue weighted by Gasteiger charge is -2.51. The zero-order valence-corrected chi connectivity index (χ0v) is 19.0. The highest BCUT2D eigenvalue weighted by Crippen LogP contribution is 2.38. The summed E-state index contributed by atoms with van der Waals surface area (Å²) in [5.41, 5.74) is -0.419. The van der Waals surface area contributed by atoms with Crippen LogP contribution in [0.3, 0.4) is 0 Å². The Morgan fingerprint density at radius 1 is 0.714 bits per heavy atom. The van der Waals surface area contributed by atoms with E-state index < -0.39 is 0 Å². The fourth-order valence-electron chi connectivity index (χ4n) is 5.64. The van der Waals surface area contributed by atoms with Crippen LogP contribution in [0.15, 0.2) is 0 Å². The molecule has 6 nitrogen and oxygen atoms in total. The fraction of sp³-hybridized carbons (Fsp3) is 0.909. The van der Waals surface area contributed by atoms with Crippen LogP contribution in [-0.4, -0.2) is 46.3 Å². The molecule has 2 saturated heterocycles. The van der Waals surface area contributed by atoms with Crippen LogP contribution in [0, 0.1) is 0 Å². The molecule has 2 rings (SSSR count). The Morgan fingerprint density at radius 2 is 1.04 bits per heavy atom. The summed E-state index contributed by atoms with van der Waals surface area (Å²) >= 11 is 0. The van der Waals surface area contributed by atoms with Gasteiger partial charge >= 0.3 is 11.9 Å². The Bertz CT molecular complexity index is 551. The van der Waals surface area contributed by atoms with Crippen LogP contribution in [0.5, 0.6) is 0 Å². The first-order valence-corrected chi connectivity index (χ1v) is 10.5. The average molecular weight is 397 g/mol. The molecule has 162 valence electrons. The maximum Gasteiger partial charge on any atom is 0.302 e. The maximum absolute atomic E-state index is 11.5. The highest BCUT2D eigenvalue weighted by molar-refractivity contribution is 5.66. The van der Waals surface area contributed by atoms with Crippen LogP contribution >= 0.6 is 0 Å². The molecule has 0 aromatic rings. The third kappa shape index (κ3) is 6.73. The summed E-state index contributed by atoms with van der Waals surface area (Å²) in [6.07, 6.45) is 5.03. The number of hydrogen-bond donors (Lipinski definition) is 2. The molecule has 0 aromatic carbocycles. The third-order valence-electron chi connectivity index (χ3n) is 6.01. The van der Waals surface area contributed by atoms with Crippen LogP contribution in [0.25, 0.3) is 0 Å². The minimum Gasteiger partial charge on any atom is -0.462 e. The van der Waals surface area contributed by atoms with E-state index in [1.807, 2.05) is 0 Å². The molecule has 0 radical (unpaired) electrons. The monoisotopic (exact) mass is 396 g/mol. The van der Waals surface area contributed by atoms with E-state index in [0.717, 1.165) is 38.5 Å². The van der Waals surface area contributed by atoms with E-state index in [-0.39, 0.29) is 46.3 Å². The van der Waals surface area contributed by atoms with Crippen molar-refractivity contribution in [2.75, 3.05) is 0 Å². The third-order valence-corrected chi connectivity index (χ3v) is 6.01. The molecule has 2 N–H and O–H groups in total. The van der Waals surface area contributed by atoms with Crippen LogP contribution in [0.1, 0.15) is 93.9 Å². The smallest absolute Gasteiger partial charge is 0.302 e. The molecule has 0 spiro atoms. The quantitative estimate of drug-likeness (QED) is 0.693. The average Bonchev–Trinajstić information content (AvgIpc) is 2.39. The first kappa shape index (κ1) is 23.1. The number of carbonyl (C=O) groups is 2. The van der Waals surface area contributed by atoms with Crippen LogP contribution < -0.4 is 10.6 Å². The molecule has 2 fully saturated rings. The van der Waals surface area contributed by atoms with Gasteiger partial charge in [-0.2, -0.15) is 0 Å². The molecule has 0 bridgehead atoms. The zero-order chi connectivity index (χ0) is 21.4. The molecule has 28 heavy (non-hydrogen) atoms. The molecule has 0 aliphatic carbocycles. The molecule has 0 saturated carbocycles. The summed E-state index contributed by atoms with van der Waals surface area (Å²) in [4.78, 5) is 23.0. The summed E-state index contributed by atoms with van der Waals surface area (Å²) in [5.74, 6) is -0.422. The predicted octanol–water partition coefficient (Wildman–Crippen LogP) is 3.47. The Morgan fingerprint density at radius 3 is 1.32 bits per heavy atom. The van der Waals surface area contributed by atoms with Crippen molar-refractivity contribution in [1.29, 1.82) is 0 Å². The predicted molar refractivity (Wildman–Crippen MR) is 110 cm³/mol. The van der Waals surface area contributed by atoms with Gasteiger partial charge in [0.15, 0.2) is 0 Å². The van der Waals surface area contributed by atoms with Gasteiger partial charge in [-0.15, -0.1) is 0 Å². The lowest BCUT2D eigenvalue weighted by Crippen LogP contribution is -2.64. The van der Waals surface area contributed by atoms with Crippen molar-refractivity contribution < 1.29 is 19.1 Å². The van der Waals surface area contributed by atoms with Gasteiger partial charge in [0.05, 0.1) is 0 Å². The first-order valence-electron chi connectivity index (χ1n) is 10.5. The molecular formula is C22H40N2O4. The van der Waals surface area contributed by atoms with Crippen LogP contribution in [0.4, 0.5) is 0 Å². The molecule has 2 aliphatic rings. The second-order valence-electron chi connectivity index (χ2n) is 10.9. The number of esters is 2. The Balaban J connectivity index is 2.08. The van der Waals surface area contributed by atoms with Crippen molar-refractivity contribution >= 4 is 11.9 Å². The van der Waals surface area contributed by atoms with Gasteiger partial charge in [-0.05, 0) is 54.4 Å². The van der Waals surface area contributed by atoms with E-state index in [4.69, 9.17) is 9.47 Å². The minimum absolute atomic E-state index is 0.0592. The van der Waals surface area contributed by atoms with Crippen molar-refractivity contribution in [3.05, 3.63) is 0 Å². The lowest BCUT2D eigenvalue weighted by atomic mass is 9.72.